The molecule has 9 atom stereocenters. The molecular formula is C45H71N3O7. The van der Waals surface area contributed by atoms with E-state index in [1.807, 2.05) is 0 Å². The van der Waals surface area contributed by atoms with Gasteiger partial charge in [0.25, 0.3) is 0 Å². The van der Waals surface area contributed by atoms with E-state index in [1.54, 1.807) is 26.3 Å². The van der Waals surface area contributed by atoms with Crippen molar-refractivity contribution in [2.24, 2.45) is 56.2 Å². The highest BCUT2D eigenvalue weighted by Gasteiger charge is 2.71. The van der Waals surface area contributed by atoms with Crippen LogP contribution in [0.3, 0.4) is 0 Å². The molecule has 0 aromatic carbocycles. The van der Waals surface area contributed by atoms with Crippen LogP contribution in [-0.2, 0) is 25.7 Å². The van der Waals surface area contributed by atoms with Crippen LogP contribution in [0.15, 0.2) is 28.0 Å². The summed E-state index contributed by atoms with van der Waals surface area (Å²) in [6.07, 6.45) is 10.3. The lowest BCUT2D eigenvalue weighted by Gasteiger charge is -2.72. The van der Waals surface area contributed by atoms with Crippen molar-refractivity contribution < 1.29 is 33.8 Å². The summed E-state index contributed by atoms with van der Waals surface area (Å²) in [5.74, 6) is 0.598. The molecule has 4 saturated carbocycles. The molecule has 55 heavy (non-hydrogen) atoms. The molecule has 1 aromatic rings. The molecule has 10 heteroatoms. The number of aromatic nitrogens is 1. The molecule has 1 heterocycles. The van der Waals surface area contributed by atoms with Crippen LogP contribution < -0.4 is 0 Å². The van der Waals surface area contributed by atoms with Gasteiger partial charge in [0.1, 0.15) is 12.4 Å². The molecule has 10 nitrogen and oxygen atoms in total. The molecule has 0 bridgehead atoms. The third-order valence-electron chi connectivity index (χ3n) is 16.6. The number of likely N-dealkylation sites (N-methyl/N-ethyl adjacent to an activating group) is 1. The van der Waals surface area contributed by atoms with Crippen LogP contribution >= 0.6 is 0 Å². The summed E-state index contributed by atoms with van der Waals surface area (Å²) in [7, 11) is 4.12. The number of ether oxygens (including phenoxy) is 1. The molecule has 2 N–H and O–H groups in total. The van der Waals surface area contributed by atoms with Gasteiger partial charge in [0.2, 0.25) is 5.89 Å². The highest BCUT2D eigenvalue weighted by Crippen LogP contribution is 2.77. The first-order valence-corrected chi connectivity index (χ1v) is 21.2. The number of aliphatic hydroxyl groups excluding tert-OH is 1. The molecule has 0 spiro atoms. The Balaban J connectivity index is 1.28. The van der Waals surface area contributed by atoms with Gasteiger partial charge < -0.3 is 24.3 Å². The zero-order valence-electron chi connectivity index (χ0n) is 35.8. The van der Waals surface area contributed by atoms with Crippen LogP contribution in [-0.4, -0.2) is 88.7 Å². The van der Waals surface area contributed by atoms with Crippen molar-refractivity contribution in [1.82, 2.24) is 14.8 Å². The zero-order chi connectivity index (χ0) is 40.5. The van der Waals surface area contributed by atoms with Crippen molar-refractivity contribution >= 4 is 17.7 Å². The van der Waals surface area contributed by atoms with E-state index in [4.69, 9.17) is 9.15 Å². The maximum Gasteiger partial charge on any atom is 0.309 e. The summed E-state index contributed by atoms with van der Waals surface area (Å²) in [5, 5.41) is 22.2. The standard InChI is InChI=1S/C45H71N3O7/c1-28(2)37-30(49)24-45(33(50)26-48(22-21-47(10)11)27-35-46-20-23-54-35)19-18-43(8)29(38(37)45)12-13-32-42(7)16-15-34(55-36(51)25-40(3,4)39(52)53)41(5,6)31(42)14-17-44(32,43)9/h20,23,28-29,31-34,50H,12-19,21-22,24-27H2,1-11H3,(H,52,53)/t29-,31+,32-,33+,34?,42+,43-,44-,45+/m1/s1. The topological polar surface area (TPSA) is 133 Å². The minimum Gasteiger partial charge on any atom is -0.481 e. The second kappa shape index (κ2) is 14.7. The van der Waals surface area contributed by atoms with E-state index < -0.39 is 28.9 Å². The Morgan fingerprint density at radius 1 is 0.982 bits per heavy atom. The van der Waals surface area contributed by atoms with Gasteiger partial charge in [-0.15, -0.1) is 0 Å². The number of esters is 1. The summed E-state index contributed by atoms with van der Waals surface area (Å²) in [6, 6.07) is 0. The highest BCUT2D eigenvalue weighted by molar-refractivity contribution is 6.00. The number of oxazole rings is 1. The van der Waals surface area contributed by atoms with Crippen LogP contribution in [0.5, 0.6) is 0 Å². The lowest BCUT2D eigenvalue weighted by Crippen LogP contribution is -2.66. The number of carbonyl (C=O) groups is 3. The van der Waals surface area contributed by atoms with E-state index in [2.05, 4.69) is 77.3 Å². The number of rotatable bonds is 13. The number of allylic oxidation sites excluding steroid dienone is 1. The first-order valence-electron chi connectivity index (χ1n) is 21.2. The number of aliphatic hydroxyl groups is 1. The lowest BCUT2D eigenvalue weighted by atomic mass is 9.33. The van der Waals surface area contributed by atoms with E-state index in [9.17, 15) is 24.6 Å². The smallest absolute Gasteiger partial charge is 0.309 e. The summed E-state index contributed by atoms with van der Waals surface area (Å²) >= 11 is 0. The quantitative estimate of drug-likeness (QED) is 0.192. The largest absolute Gasteiger partial charge is 0.481 e. The predicted octanol–water partition coefficient (Wildman–Crippen LogP) is 7.79. The van der Waals surface area contributed by atoms with Crippen molar-refractivity contribution in [3.05, 3.63) is 29.5 Å². The van der Waals surface area contributed by atoms with Gasteiger partial charge >= 0.3 is 11.9 Å². The number of hydrogen-bond donors (Lipinski definition) is 2. The number of ketones is 1. The molecule has 0 radical (unpaired) electrons. The molecule has 0 amide bonds. The van der Waals surface area contributed by atoms with Crippen LogP contribution in [0, 0.1) is 56.2 Å². The van der Waals surface area contributed by atoms with Gasteiger partial charge in [0, 0.05) is 36.9 Å². The zero-order valence-corrected chi connectivity index (χ0v) is 35.8. The number of carbonyl (C=O) groups excluding carboxylic acids is 2. The van der Waals surface area contributed by atoms with Crippen molar-refractivity contribution in [2.75, 3.05) is 33.7 Å². The Labute approximate surface area is 330 Å². The number of aliphatic carboxylic acids is 1. The normalized spacial score (nSPS) is 36.4. The summed E-state index contributed by atoms with van der Waals surface area (Å²) in [5.41, 5.74) is 0.320. The fourth-order valence-corrected chi connectivity index (χ4v) is 13.4. The third-order valence-corrected chi connectivity index (χ3v) is 16.6. The number of fused-ring (bicyclic) bond motifs is 7. The molecule has 4 fully saturated rings. The van der Waals surface area contributed by atoms with Crippen molar-refractivity contribution in [3.63, 3.8) is 0 Å². The number of carboxylic acids is 1. The SMILES string of the molecule is CC(C)C1=C2[C@H]3CC[C@@H]4[C@@]5(C)CCC(OC(=O)CC(C)(C)C(=O)O)C(C)(C)[C@@H]5CC[C@@]4(C)[C@]3(C)CC[C@@]2([C@@H](O)CN(CCN(C)C)Cc2ncco2)CC1=O. The number of carboxylic acid groups (broad SMARTS) is 1. The van der Waals surface area contributed by atoms with Crippen LogP contribution in [0.1, 0.15) is 132 Å². The van der Waals surface area contributed by atoms with Gasteiger partial charge in [-0.1, -0.05) is 54.0 Å². The van der Waals surface area contributed by atoms with Gasteiger partial charge in [-0.05, 0) is 125 Å². The number of Topliss-reactive ketones (excluding diaryl/α,β-unsaturated/α-hetero) is 1. The van der Waals surface area contributed by atoms with Gasteiger partial charge in [-0.2, -0.15) is 0 Å². The Morgan fingerprint density at radius 2 is 1.69 bits per heavy atom. The third kappa shape index (κ3) is 6.96. The Kier molecular flexibility index (Phi) is 11.2. The van der Waals surface area contributed by atoms with Crippen LogP contribution in [0.4, 0.5) is 0 Å². The van der Waals surface area contributed by atoms with E-state index in [-0.39, 0.29) is 51.8 Å². The summed E-state index contributed by atoms with van der Waals surface area (Å²) in [4.78, 5) is 47.9. The van der Waals surface area contributed by atoms with Gasteiger partial charge in [-0.25, -0.2) is 4.98 Å². The molecule has 5 aliphatic carbocycles. The van der Waals surface area contributed by atoms with Gasteiger partial charge in [0.15, 0.2) is 5.78 Å². The Morgan fingerprint density at radius 3 is 2.31 bits per heavy atom. The second-order valence-electron chi connectivity index (χ2n) is 21.0. The molecule has 308 valence electrons. The number of hydrogen-bond acceptors (Lipinski definition) is 9. The van der Waals surface area contributed by atoms with Crippen LogP contribution in [0.25, 0.3) is 0 Å². The van der Waals surface area contributed by atoms with Crippen molar-refractivity contribution in [3.8, 4) is 0 Å². The first kappa shape index (κ1) is 42.1. The minimum atomic E-state index is -1.17. The van der Waals surface area contributed by atoms with Gasteiger partial charge in [0.05, 0.1) is 30.7 Å². The van der Waals surface area contributed by atoms with E-state index in [1.165, 1.54) is 5.57 Å². The lowest BCUT2D eigenvalue weighted by molar-refractivity contribution is -0.235. The maximum absolute atomic E-state index is 14.2. The predicted molar refractivity (Wildman–Crippen MR) is 212 cm³/mol. The fourth-order valence-electron chi connectivity index (χ4n) is 13.4. The maximum atomic E-state index is 14.2. The van der Waals surface area contributed by atoms with Crippen molar-refractivity contribution in [1.29, 1.82) is 0 Å². The first-order chi connectivity index (χ1) is 25.5. The molecule has 1 aromatic heterocycles. The molecule has 0 saturated heterocycles. The molecule has 6 rings (SSSR count). The average molecular weight is 766 g/mol. The van der Waals surface area contributed by atoms with Gasteiger partial charge in [-0.3, -0.25) is 19.3 Å². The highest BCUT2D eigenvalue weighted by atomic mass is 16.5. The second-order valence-corrected chi connectivity index (χ2v) is 21.0. The fraction of sp³-hybridized carbons (Fsp3) is 0.822. The average Bonchev–Trinajstić information content (AvgIpc) is 3.70. The Hall–Kier alpha value is -2.56. The van der Waals surface area contributed by atoms with E-state index >= 15 is 0 Å². The molecule has 0 aliphatic heterocycles. The number of nitrogens with zero attached hydrogens (tertiary/aromatic N) is 3. The minimum absolute atomic E-state index is 0.0345. The molecule has 1 unspecified atom stereocenters. The molecular weight excluding hydrogens is 695 g/mol. The summed E-state index contributed by atoms with van der Waals surface area (Å²) < 4.78 is 11.8. The molecule has 5 aliphatic rings. The van der Waals surface area contributed by atoms with E-state index in [0.29, 0.717) is 37.2 Å². The van der Waals surface area contributed by atoms with E-state index in [0.717, 1.165) is 70.0 Å². The summed E-state index contributed by atoms with van der Waals surface area (Å²) in [6.45, 7) is 22.2. The van der Waals surface area contributed by atoms with Crippen LogP contribution in [0.2, 0.25) is 0 Å². The monoisotopic (exact) mass is 766 g/mol. The Bertz CT molecular complexity index is 1650. The van der Waals surface area contributed by atoms with Crippen molar-refractivity contribution in [2.45, 2.75) is 145 Å².